The highest BCUT2D eigenvalue weighted by atomic mass is 19.1. The van der Waals surface area contributed by atoms with E-state index < -0.39 is 5.82 Å². The van der Waals surface area contributed by atoms with Crippen LogP contribution in [-0.2, 0) is 17.8 Å². The second-order valence-electron chi connectivity index (χ2n) is 14.5. The van der Waals surface area contributed by atoms with Gasteiger partial charge in [0.15, 0.2) is 11.6 Å². The average molecular weight is 659 g/mol. The fourth-order valence-electron chi connectivity index (χ4n) is 8.70. The van der Waals surface area contributed by atoms with Crippen LogP contribution in [0.5, 0.6) is 5.75 Å². The fraction of sp³-hybridized carbons (Fsp3) is 0.421. The fourth-order valence-corrected chi connectivity index (χ4v) is 8.70. The molecule has 11 heteroatoms. The molecule has 5 aliphatic rings. The first kappa shape index (κ1) is 30.3. The van der Waals surface area contributed by atoms with Gasteiger partial charge in [-0.3, -0.25) is 4.79 Å². The number of hydrogen-bond acceptors (Lipinski definition) is 8. The van der Waals surface area contributed by atoms with Crippen molar-refractivity contribution >= 4 is 44.4 Å². The minimum Gasteiger partial charge on any atom is -0.508 e. The van der Waals surface area contributed by atoms with Gasteiger partial charge in [-0.15, -0.1) is 0 Å². The number of phenolic OH excluding ortho intramolecular Hbond substituents is 1. The molecule has 49 heavy (non-hydrogen) atoms. The van der Waals surface area contributed by atoms with E-state index in [9.17, 15) is 15.2 Å². The Balaban J connectivity index is 1.35. The Bertz CT molecular complexity index is 2200. The van der Waals surface area contributed by atoms with Crippen LogP contribution >= 0.6 is 0 Å². The molecule has 4 aliphatic heterocycles. The summed E-state index contributed by atoms with van der Waals surface area (Å²) in [6, 6.07) is 16.0. The number of likely N-dealkylation sites (tertiary alicyclic amines) is 1. The van der Waals surface area contributed by atoms with Gasteiger partial charge in [-0.1, -0.05) is 24.3 Å². The summed E-state index contributed by atoms with van der Waals surface area (Å²) in [7, 11) is 4.14. The summed E-state index contributed by atoms with van der Waals surface area (Å²) >= 11 is 0. The van der Waals surface area contributed by atoms with Crippen LogP contribution in [-0.4, -0.2) is 87.7 Å². The van der Waals surface area contributed by atoms with E-state index in [1.54, 1.807) is 12.1 Å². The van der Waals surface area contributed by atoms with Gasteiger partial charge in [-0.2, -0.15) is 5.26 Å². The Hall–Kier alpha value is -4.79. The SMILES string of the molecule is CN(C)C1CN(c2nc3c(F)c(-c4cc(O)cc5ccccc45)c(CCC#N)cc3c3c2nc(CN2CCCC2=O)n3C2C3CNC2C3)C1. The first-order chi connectivity index (χ1) is 23.8. The molecule has 4 saturated heterocycles. The monoisotopic (exact) mass is 658 g/mol. The lowest BCUT2D eigenvalue weighted by molar-refractivity contribution is -0.128. The van der Waals surface area contributed by atoms with Gasteiger partial charge < -0.3 is 29.7 Å². The van der Waals surface area contributed by atoms with Crippen molar-refractivity contribution < 1.29 is 14.3 Å². The zero-order chi connectivity index (χ0) is 33.6. The molecule has 1 aliphatic carbocycles. The number of nitrogens with one attached hydrogen (secondary N) is 1. The third kappa shape index (κ3) is 4.68. The first-order valence-electron chi connectivity index (χ1n) is 17.4. The van der Waals surface area contributed by atoms with Crippen LogP contribution in [0, 0.1) is 23.1 Å². The predicted molar refractivity (Wildman–Crippen MR) is 187 cm³/mol. The summed E-state index contributed by atoms with van der Waals surface area (Å²) in [6.07, 6.45) is 3.01. The largest absolute Gasteiger partial charge is 0.508 e. The topological polar surface area (TPSA) is 114 Å². The van der Waals surface area contributed by atoms with Crippen LogP contribution < -0.4 is 10.2 Å². The highest BCUT2D eigenvalue weighted by Crippen LogP contribution is 2.49. The van der Waals surface area contributed by atoms with Crippen molar-refractivity contribution in [2.75, 3.05) is 45.2 Å². The summed E-state index contributed by atoms with van der Waals surface area (Å²) in [6.45, 7) is 3.52. The zero-order valence-electron chi connectivity index (χ0n) is 27.8. The maximum Gasteiger partial charge on any atom is 0.223 e. The van der Waals surface area contributed by atoms with Crippen molar-refractivity contribution in [3.63, 3.8) is 0 Å². The number of nitrogens with zero attached hydrogens (tertiary/aromatic N) is 7. The van der Waals surface area contributed by atoms with Crippen molar-refractivity contribution in [2.24, 2.45) is 5.92 Å². The van der Waals surface area contributed by atoms with E-state index in [1.165, 1.54) is 0 Å². The van der Waals surface area contributed by atoms with Gasteiger partial charge >= 0.3 is 0 Å². The van der Waals surface area contributed by atoms with E-state index in [-0.39, 0.29) is 35.7 Å². The zero-order valence-corrected chi connectivity index (χ0v) is 27.8. The molecule has 0 spiro atoms. The van der Waals surface area contributed by atoms with Crippen molar-refractivity contribution in [1.82, 2.24) is 29.7 Å². The van der Waals surface area contributed by atoms with Crippen LogP contribution in [0.2, 0.25) is 0 Å². The summed E-state index contributed by atoms with van der Waals surface area (Å²) in [5, 5.41) is 26.4. The number of likely N-dealkylation sites (N-methyl/N-ethyl adjacent to an activating group) is 1. The number of halogens is 1. The highest BCUT2D eigenvalue weighted by molar-refractivity contribution is 6.10. The molecule has 3 unspecified atom stereocenters. The van der Waals surface area contributed by atoms with Crippen LogP contribution in [0.25, 0.3) is 43.8 Å². The number of nitriles is 1. The number of anilines is 1. The molecular formula is C38H39FN8O2. The lowest BCUT2D eigenvalue weighted by atomic mass is 9.79. The average Bonchev–Trinajstić information content (AvgIpc) is 3.86. The molecule has 10 nitrogen and oxygen atoms in total. The Morgan fingerprint density at radius 2 is 1.96 bits per heavy atom. The van der Waals surface area contributed by atoms with Crippen molar-refractivity contribution in [2.45, 2.75) is 56.8 Å². The van der Waals surface area contributed by atoms with Gasteiger partial charge in [0.1, 0.15) is 22.6 Å². The van der Waals surface area contributed by atoms with E-state index in [1.807, 2.05) is 35.2 Å². The molecule has 2 aromatic heterocycles. The molecular weight excluding hydrogens is 619 g/mol. The molecule has 5 aromatic rings. The van der Waals surface area contributed by atoms with Crippen molar-refractivity contribution in [1.29, 1.82) is 5.26 Å². The van der Waals surface area contributed by atoms with Crippen LogP contribution in [0.4, 0.5) is 10.2 Å². The number of fused-ring (bicyclic) bond motifs is 5. The van der Waals surface area contributed by atoms with Crippen LogP contribution in [0.1, 0.15) is 43.1 Å². The van der Waals surface area contributed by atoms with E-state index in [0.717, 1.165) is 60.1 Å². The number of aromatic nitrogens is 3. The summed E-state index contributed by atoms with van der Waals surface area (Å²) < 4.78 is 19.9. The van der Waals surface area contributed by atoms with Crippen LogP contribution in [0.15, 0.2) is 42.5 Å². The number of hydrogen-bond donors (Lipinski definition) is 2. The molecule has 1 saturated carbocycles. The van der Waals surface area contributed by atoms with Gasteiger partial charge in [0, 0.05) is 62.1 Å². The minimum atomic E-state index is -0.465. The lowest BCUT2D eigenvalue weighted by Crippen LogP contribution is -2.57. The number of benzene rings is 3. The van der Waals surface area contributed by atoms with E-state index in [2.05, 4.69) is 39.8 Å². The summed E-state index contributed by atoms with van der Waals surface area (Å²) in [5.41, 5.74) is 3.46. The smallest absolute Gasteiger partial charge is 0.223 e. The number of amides is 1. The van der Waals surface area contributed by atoms with Gasteiger partial charge in [0.05, 0.1) is 24.2 Å². The number of imidazole rings is 1. The second-order valence-corrected chi connectivity index (χ2v) is 14.5. The third-order valence-corrected chi connectivity index (χ3v) is 11.4. The van der Waals surface area contributed by atoms with Gasteiger partial charge in [0.25, 0.3) is 0 Å². The number of aromatic hydroxyl groups is 1. The Kier molecular flexibility index (Phi) is 7.04. The van der Waals surface area contributed by atoms with E-state index in [4.69, 9.17) is 9.97 Å². The molecule has 6 heterocycles. The number of carbonyl (C=O) groups is 1. The van der Waals surface area contributed by atoms with E-state index >= 15 is 4.39 Å². The molecule has 250 valence electrons. The highest BCUT2D eigenvalue weighted by Gasteiger charge is 2.49. The predicted octanol–water partition coefficient (Wildman–Crippen LogP) is 5.11. The molecule has 3 atom stereocenters. The molecule has 2 bridgehead atoms. The van der Waals surface area contributed by atoms with Crippen molar-refractivity contribution in [3.8, 4) is 22.9 Å². The second kappa shape index (κ2) is 11.4. The Labute approximate surface area is 283 Å². The van der Waals surface area contributed by atoms with Crippen LogP contribution in [0.3, 0.4) is 0 Å². The number of pyridine rings is 1. The van der Waals surface area contributed by atoms with Gasteiger partial charge in [-0.25, -0.2) is 14.4 Å². The number of rotatable bonds is 8. The summed E-state index contributed by atoms with van der Waals surface area (Å²) in [5.74, 6) is 1.61. The third-order valence-electron chi connectivity index (χ3n) is 11.4. The Morgan fingerprint density at radius 1 is 1.12 bits per heavy atom. The number of carbonyl (C=O) groups excluding carboxylic acids is 1. The maximum absolute atomic E-state index is 17.6. The molecule has 1 amide bonds. The standard InChI is InChI=1S/C38H39FN8O2/c1-44(2)24-18-46(19-24)38-35-37(47(36-23-15-29(36)41-17-23)30(42-35)20-45-12-6-10-31(45)49)28-14-22(8-5-11-40)32(33(39)34(28)43-38)27-16-25(48)13-21-7-3-4-9-26(21)27/h3-4,7,9,13-14,16,23-24,29,36,41,48H,5-6,8,10,12,15,17-20H2,1-2H3. The van der Waals surface area contributed by atoms with Gasteiger partial charge in [-0.05, 0) is 79.4 Å². The molecule has 10 rings (SSSR count). The molecule has 3 aromatic carbocycles. The molecule has 2 N–H and O–H groups in total. The number of aryl methyl sites for hydroxylation is 1. The molecule has 0 radical (unpaired) electrons. The number of phenols is 1. The quantitative estimate of drug-likeness (QED) is 0.237. The first-order valence-corrected chi connectivity index (χ1v) is 17.4. The molecule has 5 fully saturated rings. The lowest BCUT2D eigenvalue weighted by Gasteiger charge is -2.43. The Morgan fingerprint density at radius 3 is 2.67 bits per heavy atom. The normalized spacial score (nSPS) is 22.1. The van der Waals surface area contributed by atoms with Gasteiger partial charge in [0.2, 0.25) is 5.91 Å². The summed E-state index contributed by atoms with van der Waals surface area (Å²) in [4.78, 5) is 29.6. The minimum absolute atomic E-state index is 0.0472. The van der Waals surface area contributed by atoms with Crippen molar-refractivity contribution in [3.05, 3.63) is 59.7 Å². The maximum atomic E-state index is 17.6. The van der Waals surface area contributed by atoms with E-state index in [0.29, 0.717) is 65.8 Å².